The first-order chi connectivity index (χ1) is 15.4. The van der Waals surface area contributed by atoms with Gasteiger partial charge in [0, 0.05) is 25.6 Å². The molecule has 2 unspecified atom stereocenters. The topological polar surface area (TPSA) is 53.0 Å². The quantitative estimate of drug-likeness (QED) is 0.706. The molecule has 0 radical (unpaired) electrons. The number of alkyl halides is 3. The lowest BCUT2D eigenvalue weighted by atomic mass is 9.75. The zero-order chi connectivity index (χ0) is 24.4. The van der Waals surface area contributed by atoms with Crippen molar-refractivity contribution in [1.29, 1.82) is 0 Å². The minimum Gasteiger partial charge on any atom is -0.497 e. The first kappa shape index (κ1) is 25.1. The summed E-state index contributed by atoms with van der Waals surface area (Å²) in [5.41, 5.74) is -0.368. The Bertz CT molecular complexity index is 993. The molecule has 1 amide bonds. The number of ether oxygens (including phenoxy) is 1. The summed E-state index contributed by atoms with van der Waals surface area (Å²) in [6.07, 6.45) is -4.25. The van der Waals surface area contributed by atoms with E-state index in [1.54, 1.807) is 25.0 Å². The number of aliphatic hydroxyl groups is 1. The van der Waals surface area contributed by atoms with Crippen molar-refractivity contribution in [2.24, 2.45) is 5.92 Å². The summed E-state index contributed by atoms with van der Waals surface area (Å²) in [7, 11) is 5.37. The van der Waals surface area contributed by atoms with Gasteiger partial charge in [-0.2, -0.15) is 13.2 Å². The Morgan fingerprint density at radius 2 is 1.97 bits per heavy atom. The van der Waals surface area contributed by atoms with Gasteiger partial charge < -0.3 is 19.6 Å². The van der Waals surface area contributed by atoms with Gasteiger partial charge in [-0.25, -0.2) is 0 Å². The second kappa shape index (κ2) is 9.73. The maximum absolute atomic E-state index is 13.2. The van der Waals surface area contributed by atoms with Gasteiger partial charge in [0.1, 0.15) is 5.75 Å². The van der Waals surface area contributed by atoms with Crippen LogP contribution in [0.5, 0.6) is 5.75 Å². The number of benzene rings is 2. The van der Waals surface area contributed by atoms with E-state index in [1.165, 1.54) is 0 Å². The van der Waals surface area contributed by atoms with E-state index < -0.39 is 17.3 Å². The van der Waals surface area contributed by atoms with Gasteiger partial charge in [-0.1, -0.05) is 23.8 Å². The van der Waals surface area contributed by atoms with Crippen LogP contribution < -0.4 is 4.74 Å². The monoisotopic (exact) mass is 464 g/mol. The maximum atomic E-state index is 13.2. The molecule has 0 aromatic heterocycles. The van der Waals surface area contributed by atoms with E-state index in [0.717, 1.165) is 17.7 Å². The van der Waals surface area contributed by atoms with E-state index in [0.29, 0.717) is 42.9 Å². The number of methoxy groups -OCH3 is 1. The molecule has 5 nitrogen and oxygen atoms in total. The molecule has 0 saturated carbocycles. The van der Waals surface area contributed by atoms with Gasteiger partial charge in [-0.3, -0.25) is 4.79 Å². The predicted molar refractivity (Wildman–Crippen MR) is 120 cm³/mol. The second-order valence-corrected chi connectivity index (χ2v) is 9.09. The number of hydrogen-bond acceptors (Lipinski definition) is 4. The Morgan fingerprint density at radius 3 is 2.61 bits per heavy atom. The molecule has 2 aromatic carbocycles. The lowest BCUT2D eigenvalue weighted by Gasteiger charge is -2.46. The highest BCUT2D eigenvalue weighted by molar-refractivity contribution is 5.79. The van der Waals surface area contributed by atoms with E-state index in [1.807, 2.05) is 43.3 Å². The smallest absolute Gasteiger partial charge is 0.416 e. The summed E-state index contributed by atoms with van der Waals surface area (Å²) < 4.78 is 44.8. The fourth-order valence-corrected chi connectivity index (χ4v) is 4.58. The molecule has 0 aliphatic carbocycles. The van der Waals surface area contributed by atoms with E-state index in [-0.39, 0.29) is 18.2 Å². The van der Waals surface area contributed by atoms with Gasteiger partial charge in [0.25, 0.3) is 0 Å². The van der Waals surface area contributed by atoms with Gasteiger partial charge >= 0.3 is 6.18 Å². The Balaban J connectivity index is 1.81. The van der Waals surface area contributed by atoms with Crippen LogP contribution in [-0.4, -0.2) is 61.7 Å². The van der Waals surface area contributed by atoms with Crippen molar-refractivity contribution < 1.29 is 27.8 Å². The molecular weight excluding hydrogens is 433 g/mol. The standard InChI is InChI=1S/C25H31F3N2O3/c1-17-10-18(12-20(11-17)25(26,27)28)13-23(31)30-9-8-24(32,21(16-30)15-29(2)3)19-6-5-7-22(14-19)33-4/h5-7,10-12,14,21,32H,8-9,13,15-16H2,1-4H3. The molecule has 33 heavy (non-hydrogen) atoms. The maximum Gasteiger partial charge on any atom is 0.416 e. The summed E-state index contributed by atoms with van der Waals surface area (Å²) in [5.74, 6) is 0.119. The second-order valence-electron chi connectivity index (χ2n) is 9.09. The average Bonchev–Trinajstić information content (AvgIpc) is 2.74. The first-order valence-corrected chi connectivity index (χ1v) is 10.9. The molecule has 1 aliphatic heterocycles. The number of aryl methyl sites for hydroxylation is 1. The molecular formula is C25H31F3N2O3. The third-order valence-electron chi connectivity index (χ3n) is 6.21. The van der Waals surface area contributed by atoms with Crippen LogP contribution in [0.15, 0.2) is 42.5 Å². The van der Waals surface area contributed by atoms with Crippen LogP contribution >= 0.6 is 0 Å². The first-order valence-electron chi connectivity index (χ1n) is 10.9. The van der Waals surface area contributed by atoms with Crippen LogP contribution in [0, 0.1) is 12.8 Å². The Hall–Kier alpha value is -2.58. The van der Waals surface area contributed by atoms with E-state index in [4.69, 9.17) is 4.74 Å². The lowest BCUT2D eigenvalue weighted by molar-refractivity contribution is -0.141. The fraction of sp³-hybridized carbons (Fsp3) is 0.480. The zero-order valence-corrected chi connectivity index (χ0v) is 19.4. The number of likely N-dealkylation sites (tertiary alicyclic amines) is 1. The van der Waals surface area contributed by atoms with Crippen LogP contribution in [0.4, 0.5) is 13.2 Å². The highest BCUT2D eigenvalue weighted by atomic mass is 19.4. The van der Waals surface area contributed by atoms with Gasteiger partial charge in [-0.05, 0) is 62.8 Å². The number of carbonyl (C=O) groups excluding carboxylic acids is 1. The predicted octanol–water partition coefficient (Wildman–Crippen LogP) is 3.86. The van der Waals surface area contributed by atoms with Crippen molar-refractivity contribution in [1.82, 2.24) is 9.80 Å². The van der Waals surface area contributed by atoms with Crippen molar-refractivity contribution in [2.45, 2.75) is 31.5 Å². The number of rotatable bonds is 6. The molecule has 2 aromatic rings. The molecule has 1 N–H and O–H groups in total. The van der Waals surface area contributed by atoms with Crippen LogP contribution in [0.2, 0.25) is 0 Å². The Labute approximate surface area is 192 Å². The molecule has 1 fully saturated rings. The molecule has 1 saturated heterocycles. The van der Waals surface area contributed by atoms with Crippen molar-refractivity contribution in [3.05, 3.63) is 64.7 Å². The van der Waals surface area contributed by atoms with Crippen LogP contribution in [-0.2, 0) is 23.0 Å². The van der Waals surface area contributed by atoms with E-state index in [9.17, 15) is 23.1 Å². The van der Waals surface area contributed by atoms with Crippen molar-refractivity contribution in [3.8, 4) is 5.75 Å². The molecule has 0 spiro atoms. The number of hydrogen-bond donors (Lipinski definition) is 1. The molecule has 180 valence electrons. The summed E-state index contributed by atoms with van der Waals surface area (Å²) in [4.78, 5) is 16.7. The third kappa shape index (κ3) is 5.86. The van der Waals surface area contributed by atoms with Crippen LogP contribution in [0.1, 0.15) is 28.7 Å². The minimum absolute atomic E-state index is 0.114. The molecule has 1 aliphatic rings. The molecule has 8 heteroatoms. The molecule has 1 heterocycles. The lowest BCUT2D eigenvalue weighted by Crippen LogP contribution is -2.54. The normalized spacial score (nSPS) is 21.4. The number of amides is 1. The van der Waals surface area contributed by atoms with Gasteiger partial charge in [0.05, 0.1) is 24.7 Å². The van der Waals surface area contributed by atoms with Gasteiger partial charge in [0.15, 0.2) is 0 Å². The largest absolute Gasteiger partial charge is 0.497 e. The van der Waals surface area contributed by atoms with E-state index >= 15 is 0 Å². The fourth-order valence-electron chi connectivity index (χ4n) is 4.58. The Morgan fingerprint density at radius 1 is 1.24 bits per heavy atom. The van der Waals surface area contributed by atoms with Gasteiger partial charge in [0.2, 0.25) is 5.91 Å². The number of halogens is 3. The van der Waals surface area contributed by atoms with Crippen LogP contribution in [0.25, 0.3) is 0 Å². The Kier molecular flexibility index (Phi) is 7.39. The molecule has 3 rings (SSSR count). The summed E-state index contributed by atoms with van der Waals surface area (Å²) in [6.45, 7) is 2.75. The minimum atomic E-state index is -4.46. The van der Waals surface area contributed by atoms with Crippen molar-refractivity contribution in [2.75, 3.05) is 40.8 Å². The summed E-state index contributed by atoms with van der Waals surface area (Å²) in [6, 6.07) is 11.0. The highest BCUT2D eigenvalue weighted by Crippen LogP contribution is 2.39. The molecule has 0 bridgehead atoms. The number of piperidine rings is 1. The van der Waals surface area contributed by atoms with Crippen molar-refractivity contribution >= 4 is 5.91 Å². The molecule has 2 atom stereocenters. The average molecular weight is 465 g/mol. The number of nitrogens with zero attached hydrogens (tertiary/aromatic N) is 2. The van der Waals surface area contributed by atoms with Crippen LogP contribution in [0.3, 0.4) is 0 Å². The van der Waals surface area contributed by atoms with E-state index in [2.05, 4.69) is 0 Å². The zero-order valence-electron chi connectivity index (χ0n) is 19.4. The third-order valence-corrected chi connectivity index (χ3v) is 6.21. The summed E-state index contributed by atoms with van der Waals surface area (Å²) >= 11 is 0. The number of carbonyl (C=O) groups is 1. The van der Waals surface area contributed by atoms with Crippen molar-refractivity contribution in [3.63, 3.8) is 0 Å². The SMILES string of the molecule is COc1cccc(C2(O)CCN(C(=O)Cc3cc(C)cc(C(F)(F)F)c3)CC2CN(C)C)c1. The highest BCUT2D eigenvalue weighted by Gasteiger charge is 2.44. The summed E-state index contributed by atoms with van der Waals surface area (Å²) in [5, 5.41) is 11.7. The van der Waals surface area contributed by atoms with Gasteiger partial charge in [-0.15, -0.1) is 0 Å².